The van der Waals surface area contributed by atoms with Gasteiger partial charge in [0.05, 0.1) is 0 Å². The van der Waals surface area contributed by atoms with Gasteiger partial charge in [0.1, 0.15) is 0 Å². The molecule has 2 heterocycles. The molecule has 0 bridgehead atoms. The van der Waals surface area contributed by atoms with Crippen molar-refractivity contribution in [3.63, 3.8) is 0 Å². The highest BCUT2D eigenvalue weighted by Crippen LogP contribution is 2.32. The van der Waals surface area contributed by atoms with Crippen LogP contribution in [0, 0.1) is 0 Å². The van der Waals surface area contributed by atoms with Crippen LogP contribution in [-0.2, 0) is 0 Å². The quantitative estimate of drug-likeness (QED) is 0.818. The van der Waals surface area contributed by atoms with Crippen LogP contribution in [0.15, 0.2) is 24.3 Å². The van der Waals surface area contributed by atoms with E-state index in [2.05, 4.69) is 28.1 Å². The zero-order chi connectivity index (χ0) is 13.9. The standard InChI is InChI=1S/C16H20ClN3/c1-2-12-8-4-3-7-11-20(12)16-14-10-6-5-9-13(14)15(17)18-19-16/h5-6,9-10,12H,2-4,7-8,11H2,1H3. The van der Waals surface area contributed by atoms with Crippen LogP contribution in [0.2, 0.25) is 5.15 Å². The van der Waals surface area contributed by atoms with Crippen molar-refractivity contribution >= 4 is 28.2 Å². The van der Waals surface area contributed by atoms with Gasteiger partial charge in [0.2, 0.25) is 0 Å². The lowest BCUT2D eigenvalue weighted by Gasteiger charge is -2.30. The van der Waals surface area contributed by atoms with Crippen molar-refractivity contribution in [1.82, 2.24) is 10.2 Å². The number of benzene rings is 1. The number of aromatic nitrogens is 2. The number of fused-ring (bicyclic) bond motifs is 1. The minimum Gasteiger partial charge on any atom is -0.352 e. The van der Waals surface area contributed by atoms with Gasteiger partial charge in [0.15, 0.2) is 11.0 Å². The third-order valence-corrected chi connectivity index (χ3v) is 4.52. The summed E-state index contributed by atoms with van der Waals surface area (Å²) in [6.07, 6.45) is 6.25. The predicted octanol–water partition coefficient (Wildman–Crippen LogP) is 4.44. The van der Waals surface area contributed by atoms with Crippen LogP contribution in [0.1, 0.15) is 39.0 Å². The molecule has 4 heteroatoms. The van der Waals surface area contributed by atoms with Crippen molar-refractivity contribution in [3.05, 3.63) is 29.4 Å². The van der Waals surface area contributed by atoms with Gasteiger partial charge in [-0.2, -0.15) is 0 Å². The van der Waals surface area contributed by atoms with E-state index in [9.17, 15) is 0 Å². The van der Waals surface area contributed by atoms with Gasteiger partial charge in [-0.3, -0.25) is 0 Å². The zero-order valence-corrected chi connectivity index (χ0v) is 12.6. The fourth-order valence-electron chi connectivity index (χ4n) is 3.15. The molecule has 20 heavy (non-hydrogen) atoms. The maximum Gasteiger partial charge on any atom is 0.159 e. The maximum atomic E-state index is 6.18. The van der Waals surface area contributed by atoms with Crippen LogP contribution in [0.5, 0.6) is 0 Å². The van der Waals surface area contributed by atoms with Gasteiger partial charge in [-0.1, -0.05) is 55.6 Å². The van der Waals surface area contributed by atoms with E-state index in [1.165, 1.54) is 25.7 Å². The molecule has 3 nitrogen and oxygen atoms in total. The first kappa shape index (κ1) is 13.6. The van der Waals surface area contributed by atoms with Gasteiger partial charge in [-0.05, 0) is 19.3 Å². The molecular formula is C16H20ClN3. The van der Waals surface area contributed by atoms with Crippen molar-refractivity contribution in [3.8, 4) is 0 Å². The van der Waals surface area contributed by atoms with Crippen LogP contribution in [0.3, 0.4) is 0 Å². The summed E-state index contributed by atoms with van der Waals surface area (Å²) in [5.41, 5.74) is 0. The number of hydrogen-bond acceptors (Lipinski definition) is 3. The number of anilines is 1. The Morgan fingerprint density at radius 1 is 1.15 bits per heavy atom. The highest BCUT2D eigenvalue weighted by Gasteiger charge is 2.23. The molecule has 1 aliphatic rings. The van der Waals surface area contributed by atoms with Crippen molar-refractivity contribution in [2.24, 2.45) is 0 Å². The Kier molecular flexibility index (Phi) is 4.06. The normalized spacial score (nSPS) is 20.1. The van der Waals surface area contributed by atoms with E-state index in [1.807, 2.05) is 18.2 Å². The molecule has 0 N–H and O–H groups in total. The van der Waals surface area contributed by atoms with E-state index >= 15 is 0 Å². The Balaban J connectivity index is 2.10. The van der Waals surface area contributed by atoms with E-state index in [-0.39, 0.29) is 0 Å². The zero-order valence-electron chi connectivity index (χ0n) is 11.8. The average molecular weight is 290 g/mol. The summed E-state index contributed by atoms with van der Waals surface area (Å²) < 4.78 is 0. The van der Waals surface area contributed by atoms with Gasteiger partial charge in [0.25, 0.3) is 0 Å². The first-order chi connectivity index (χ1) is 9.81. The van der Waals surface area contributed by atoms with Gasteiger partial charge < -0.3 is 4.90 Å². The van der Waals surface area contributed by atoms with Crippen LogP contribution in [0.4, 0.5) is 5.82 Å². The molecule has 0 radical (unpaired) electrons. The van der Waals surface area contributed by atoms with Crippen molar-refractivity contribution < 1.29 is 0 Å². The highest BCUT2D eigenvalue weighted by molar-refractivity contribution is 6.34. The Bertz CT molecular complexity index is 599. The smallest absolute Gasteiger partial charge is 0.159 e. The van der Waals surface area contributed by atoms with Crippen molar-refractivity contribution in [2.45, 2.75) is 45.1 Å². The summed E-state index contributed by atoms with van der Waals surface area (Å²) >= 11 is 6.18. The largest absolute Gasteiger partial charge is 0.352 e. The summed E-state index contributed by atoms with van der Waals surface area (Å²) in [7, 11) is 0. The molecule has 0 saturated carbocycles. The van der Waals surface area contributed by atoms with E-state index in [0.29, 0.717) is 11.2 Å². The van der Waals surface area contributed by atoms with Crippen molar-refractivity contribution in [1.29, 1.82) is 0 Å². The molecule has 1 unspecified atom stereocenters. The first-order valence-corrected chi connectivity index (χ1v) is 7.86. The second-order valence-electron chi connectivity index (χ2n) is 5.46. The molecule has 1 atom stereocenters. The van der Waals surface area contributed by atoms with E-state index < -0.39 is 0 Å². The van der Waals surface area contributed by atoms with Gasteiger partial charge >= 0.3 is 0 Å². The monoisotopic (exact) mass is 289 g/mol. The van der Waals surface area contributed by atoms with Crippen LogP contribution >= 0.6 is 11.6 Å². The fraction of sp³-hybridized carbons (Fsp3) is 0.500. The highest BCUT2D eigenvalue weighted by atomic mass is 35.5. The Morgan fingerprint density at radius 2 is 1.95 bits per heavy atom. The summed E-state index contributed by atoms with van der Waals surface area (Å²) in [6, 6.07) is 8.73. The molecule has 1 aromatic heterocycles. The molecule has 1 aromatic carbocycles. The lowest BCUT2D eigenvalue weighted by molar-refractivity contribution is 0.552. The van der Waals surface area contributed by atoms with E-state index in [0.717, 1.165) is 29.6 Å². The second kappa shape index (κ2) is 5.96. The van der Waals surface area contributed by atoms with E-state index in [4.69, 9.17) is 11.6 Å². The number of nitrogens with zero attached hydrogens (tertiary/aromatic N) is 3. The van der Waals surface area contributed by atoms with Crippen LogP contribution in [-0.4, -0.2) is 22.8 Å². The summed E-state index contributed by atoms with van der Waals surface area (Å²) in [5.74, 6) is 0.999. The molecule has 0 aliphatic carbocycles. The van der Waals surface area contributed by atoms with E-state index in [1.54, 1.807) is 0 Å². The van der Waals surface area contributed by atoms with Gasteiger partial charge in [-0.25, -0.2) is 0 Å². The maximum absolute atomic E-state index is 6.18. The first-order valence-electron chi connectivity index (χ1n) is 7.49. The average Bonchev–Trinajstić information content (AvgIpc) is 2.73. The number of hydrogen-bond donors (Lipinski definition) is 0. The minimum atomic E-state index is 0.493. The fourth-order valence-corrected chi connectivity index (χ4v) is 3.35. The number of halogens is 1. The lowest BCUT2D eigenvalue weighted by atomic mass is 10.1. The summed E-state index contributed by atoms with van der Waals surface area (Å²) in [4.78, 5) is 2.44. The van der Waals surface area contributed by atoms with Gasteiger partial charge in [-0.15, -0.1) is 10.2 Å². The molecule has 3 rings (SSSR count). The SMILES string of the molecule is CCC1CCCCCN1c1nnc(Cl)c2ccccc12. The molecule has 1 aliphatic heterocycles. The van der Waals surface area contributed by atoms with Crippen LogP contribution < -0.4 is 4.90 Å². The third-order valence-electron chi connectivity index (χ3n) is 4.24. The molecule has 106 valence electrons. The third kappa shape index (κ3) is 2.47. The Labute approximate surface area is 124 Å². The molecule has 1 saturated heterocycles. The molecule has 1 fully saturated rings. The van der Waals surface area contributed by atoms with Crippen LogP contribution in [0.25, 0.3) is 10.8 Å². The predicted molar refractivity (Wildman–Crippen MR) is 84.4 cm³/mol. The van der Waals surface area contributed by atoms with Gasteiger partial charge in [0, 0.05) is 23.4 Å². The summed E-state index contributed by atoms with van der Waals surface area (Å²) in [5, 5.41) is 11.2. The molecular weight excluding hydrogens is 270 g/mol. The topological polar surface area (TPSA) is 29.0 Å². The Morgan fingerprint density at radius 3 is 2.75 bits per heavy atom. The molecule has 2 aromatic rings. The lowest BCUT2D eigenvalue weighted by Crippen LogP contribution is -2.35. The van der Waals surface area contributed by atoms with Crippen molar-refractivity contribution in [2.75, 3.05) is 11.4 Å². The summed E-state index contributed by atoms with van der Waals surface area (Å²) in [6.45, 7) is 3.33. The number of rotatable bonds is 2. The second-order valence-corrected chi connectivity index (χ2v) is 5.82. The molecule has 0 amide bonds. The molecule has 0 spiro atoms. The minimum absolute atomic E-state index is 0.493. The Hall–Kier alpha value is -1.35.